The number of carbonyl (C=O) groups excluding carboxylic acids is 1. The predicted octanol–water partition coefficient (Wildman–Crippen LogP) is 2.94. The molecule has 0 bridgehead atoms. The quantitative estimate of drug-likeness (QED) is 0.572. The van der Waals surface area contributed by atoms with Crippen LogP contribution in [0.3, 0.4) is 0 Å². The summed E-state index contributed by atoms with van der Waals surface area (Å²) in [5, 5.41) is 0. The third kappa shape index (κ3) is 4.24. The second kappa shape index (κ2) is 7.54. The fourth-order valence-electron chi connectivity index (χ4n) is 1.78. The summed E-state index contributed by atoms with van der Waals surface area (Å²) in [6, 6.07) is 8.24. The lowest BCUT2D eigenvalue weighted by atomic mass is 10.2. The van der Waals surface area contributed by atoms with Gasteiger partial charge < -0.3 is 9.64 Å². The van der Waals surface area contributed by atoms with Crippen molar-refractivity contribution in [3.05, 3.63) is 42.0 Å². The van der Waals surface area contributed by atoms with Crippen molar-refractivity contribution in [1.82, 2.24) is 0 Å². The normalized spacial score (nSPS) is 10.6. The number of benzene rings is 1. The number of hydrogen-bond acceptors (Lipinski definition) is 3. The van der Waals surface area contributed by atoms with Gasteiger partial charge >= 0.3 is 5.97 Å². The van der Waals surface area contributed by atoms with Gasteiger partial charge in [0.1, 0.15) is 0 Å². The third-order valence-corrected chi connectivity index (χ3v) is 2.70. The highest BCUT2D eigenvalue weighted by atomic mass is 16.5. The van der Waals surface area contributed by atoms with E-state index in [2.05, 4.69) is 30.9 Å². The minimum absolute atomic E-state index is 0.279. The first-order valence-electron chi connectivity index (χ1n) is 6.32. The minimum Gasteiger partial charge on any atom is -0.463 e. The van der Waals surface area contributed by atoms with Crippen LogP contribution < -0.4 is 4.90 Å². The van der Waals surface area contributed by atoms with E-state index >= 15 is 0 Å². The lowest BCUT2D eigenvalue weighted by molar-refractivity contribution is -0.137. The maximum atomic E-state index is 11.2. The van der Waals surface area contributed by atoms with Crippen LogP contribution in [0.5, 0.6) is 0 Å². The van der Waals surface area contributed by atoms with Crippen molar-refractivity contribution in [2.75, 3.05) is 24.6 Å². The number of para-hydroxylation sites is 1. The maximum Gasteiger partial charge on any atom is 0.330 e. The molecule has 1 rings (SSSR count). The molecule has 0 unspecified atom stereocenters. The lowest BCUT2D eigenvalue weighted by Crippen LogP contribution is -2.23. The molecule has 98 valence electrons. The van der Waals surface area contributed by atoms with Gasteiger partial charge in [0.15, 0.2) is 0 Å². The van der Waals surface area contributed by atoms with Gasteiger partial charge in [-0.2, -0.15) is 0 Å². The molecule has 3 heteroatoms. The van der Waals surface area contributed by atoms with Gasteiger partial charge in [0, 0.05) is 24.9 Å². The second-order valence-corrected chi connectivity index (χ2v) is 3.98. The first kappa shape index (κ1) is 14.3. The first-order chi connectivity index (χ1) is 8.69. The van der Waals surface area contributed by atoms with E-state index in [1.54, 1.807) is 6.92 Å². The second-order valence-electron chi connectivity index (χ2n) is 3.98. The Kier molecular flexibility index (Phi) is 5.98. The van der Waals surface area contributed by atoms with E-state index in [9.17, 15) is 4.79 Å². The Balaban J connectivity index is 2.63. The summed E-state index contributed by atoms with van der Waals surface area (Å²) in [5.74, 6) is -0.279. The van der Waals surface area contributed by atoms with Gasteiger partial charge in [-0.05, 0) is 32.4 Å². The molecule has 0 fully saturated rings. The third-order valence-electron chi connectivity index (χ3n) is 2.70. The summed E-state index contributed by atoms with van der Waals surface area (Å²) < 4.78 is 4.84. The topological polar surface area (TPSA) is 29.5 Å². The van der Waals surface area contributed by atoms with Gasteiger partial charge in [-0.15, -0.1) is 0 Å². The Morgan fingerprint density at radius 1 is 1.33 bits per heavy atom. The van der Waals surface area contributed by atoms with E-state index in [-0.39, 0.29) is 5.97 Å². The van der Waals surface area contributed by atoms with Crippen LogP contribution in [0.2, 0.25) is 0 Å². The fraction of sp³-hybridized carbons (Fsp3) is 0.400. The van der Waals surface area contributed by atoms with Crippen LogP contribution in [0.25, 0.3) is 0 Å². The Morgan fingerprint density at radius 3 is 2.67 bits per heavy atom. The molecule has 18 heavy (non-hydrogen) atoms. The zero-order valence-corrected chi connectivity index (χ0v) is 11.3. The summed E-state index contributed by atoms with van der Waals surface area (Å²) in [6.45, 7) is 8.02. The number of esters is 1. The van der Waals surface area contributed by atoms with Gasteiger partial charge in [-0.1, -0.05) is 24.3 Å². The molecule has 0 saturated heterocycles. The molecular weight excluding hydrogens is 226 g/mol. The van der Waals surface area contributed by atoms with E-state index in [1.165, 1.54) is 17.3 Å². The average molecular weight is 247 g/mol. The lowest BCUT2D eigenvalue weighted by Gasteiger charge is -2.23. The standard InChI is InChI=1S/C15H21NO2/c1-4-16(12-8-11-15(17)18-5-2)14-10-7-6-9-13(14)3/h6-11H,4-5,12H2,1-3H3/b11-8+. The molecule has 0 amide bonds. The Bertz CT molecular complexity index is 413. The predicted molar refractivity (Wildman–Crippen MR) is 74.8 cm³/mol. The summed E-state index contributed by atoms with van der Waals surface area (Å²) in [7, 11) is 0. The number of carbonyl (C=O) groups is 1. The first-order valence-corrected chi connectivity index (χ1v) is 6.32. The van der Waals surface area contributed by atoms with E-state index in [1.807, 2.05) is 18.2 Å². The van der Waals surface area contributed by atoms with E-state index in [4.69, 9.17) is 4.74 Å². The summed E-state index contributed by atoms with van der Waals surface area (Å²) in [4.78, 5) is 13.4. The number of likely N-dealkylation sites (N-methyl/N-ethyl adjacent to an activating group) is 1. The number of hydrogen-bond donors (Lipinski definition) is 0. The van der Waals surface area contributed by atoms with Crippen molar-refractivity contribution in [2.24, 2.45) is 0 Å². The highest BCUT2D eigenvalue weighted by Crippen LogP contribution is 2.18. The van der Waals surface area contributed by atoms with Crippen molar-refractivity contribution in [1.29, 1.82) is 0 Å². The smallest absolute Gasteiger partial charge is 0.330 e. The van der Waals surface area contributed by atoms with Gasteiger partial charge in [0.2, 0.25) is 0 Å². The van der Waals surface area contributed by atoms with Crippen LogP contribution in [-0.2, 0) is 9.53 Å². The van der Waals surface area contributed by atoms with E-state index in [0.29, 0.717) is 13.2 Å². The summed E-state index contributed by atoms with van der Waals surface area (Å²) in [6.07, 6.45) is 3.33. The zero-order chi connectivity index (χ0) is 13.4. The molecule has 0 radical (unpaired) electrons. The van der Waals surface area contributed by atoms with Crippen molar-refractivity contribution in [3.63, 3.8) is 0 Å². The van der Waals surface area contributed by atoms with Crippen molar-refractivity contribution < 1.29 is 9.53 Å². The summed E-state index contributed by atoms with van der Waals surface area (Å²) >= 11 is 0. The van der Waals surface area contributed by atoms with Crippen molar-refractivity contribution in [2.45, 2.75) is 20.8 Å². The van der Waals surface area contributed by atoms with Crippen LogP contribution in [0, 0.1) is 6.92 Å². The minimum atomic E-state index is -0.279. The molecule has 0 N–H and O–H groups in total. The molecule has 0 heterocycles. The van der Waals surface area contributed by atoms with Gasteiger partial charge in [0.25, 0.3) is 0 Å². The largest absolute Gasteiger partial charge is 0.463 e. The van der Waals surface area contributed by atoms with Crippen LogP contribution in [-0.4, -0.2) is 25.7 Å². The number of ether oxygens (including phenoxy) is 1. The van der Waals surface area contributed by atoms with Gasteiger partial charge in [-0.3, -0.25) is 0 Å². The van der Waals surface area contributed by atoms with Crippen molar-refractivity contribution >= 4 is 11.7 Å². The van der Waals surface area contributed by atoms with E-state index < -0.39 is 0 Å². The Morgan fingerprint density at radius 2 is 2.06 bits per heavy atom. The molecule has 0 aliphatic carbocycles. The van der Waals surface area contributed by atoms with Gasteiger partial charge in [0.05, 0.1) is 6.61 Å². The van der Waals surface area contributed by atoms with Crippen LogP contribution in [0.15, 0.2) is 36.4 Å². The molecule has 0 spiro atoms. The van der Waals surface area contributed by atoms with E-state index in [0.717, 1.165) is 6.54 Å². The van der Waals surface area contributed by atoms with Crippen molar-refractivity contribution in [3.8, 4) is 0 Å². The molecule has 0 atom stereocenters. The van der Waals surface area contributed by atoms with Crippen LogP contribution >= 0.6 is 0 Å². The number of anilines is 1. The van der Waals surface area contributed by atoms with Crippen LogP contribution in [0.4, 0.5) is 5.69 Å². The highest BCUT2D eigenvalue weighted by Gasteiger charge is 2.04. The molecule has 1 aromatic carbocycles. The number of aryl methyl sites for hydroxylation is 1. The average Bonchev–Trinajstić information content (AvgIpc) is 2.36. The Labute approximate surface area is 109 Å². The molecule has 0 saturated carbocycles. The molecule has 3 nitrogen and oxygen atoms in total. The molecule has 0 aliphatic rings. The summed E-state index contributed by atoms with van der Waals surface area (Å²) in [5.41, 5.74) is 2.44. The fourth-order valence-corrected chi connectivity index (χ4v) is 1.78. The Hall–Kier alpha value is -1.77. The molecule has 1 aromatic rings. The monoisotopic (exact) mass is 247 g/mol. The molecule has 0 aliphatic heterocycles. The molecule has 0 aromatic heterocycles. The van der Waals surface area contributed by atoms with Gasteiger partial charge in [-0.25, -0.2) is 4.79 Å². The highest BCUT2D eigenvalue weighted by molar-refractivity contribution is 5.82. The zero-order valence-electron chi connectivity index (χ0n) is 11.3. The number of rotatable bonds is 6. The SMILES string of the molecule is CCOC(=O)/C=C/CN(CC)c1ccccc1C. The maximum absolute atomic E-state index is 11.2. The number of nitrogens with zero attached hydrogens (tertiary/aromatic N) is 1. The molecular formula is C15H21NO2. The van der Waals surface area contributed by atoms with Crippen LogP contribution in [0.1, 0.15) is 19.4 Å².